The molecule has 2 amide bonds. The number of likely N-dealkylation sites (tertiary alicyclic amines) is 1. The van der Waals surface area contributed by atoms with Crippen LogP contribution in [0.4, 0.5) is 5.95 Å². The Morgan fingerprint density at radius 1 is 1.24 bits per heavy atom. The van der Waals surface area contributed by atoms with E-state index >= 15 is 0 Å². The molecule has 0 bridgehead atoms. The van der Waals surface area contributed by atoms with Gasteiger partial charge in [0.05, 0.1) is 11.6 Å². The monoisotopic (exact) mass is 397 g/mol. The van der Waals surface area contributed by atoms with Gasteiger partial charge in [-0.3, -0.25) is 9.59 Å². The van der Waals surface area contributed by atoms with Crippen molar-refractivity contribution in [2.45, 2.75) is 50.7 Å². The van der Waals surface area contributed by atoms with E-state index in [0.29, 0.717) is 36.5 Å². The predicted molar refractivity (Wildman–Crippen MR) is 110 cm³/mol. The first-order chi connectivity index (χ1) is 14.1. The lowest BCUT2D eigenvalue weighted by atomic mass is 9.93. The van der Waals surface area contributed by atoms with E-state index in [-0.39, 0.29) is 24.0 Å². The highest BCUT2D eigenvalue weighted by molar-refractivity contribution is 5.97. The molecule has 1 saturated heterocycles. The first-order valence-corrected chi connectivity index (χ1v) is 10.4. The predicted octanol–water partition coefficient (Wildman–Crippen LogP) is 1.70. The summed E-state index contributed by atoms with van der Waals surface area (Å²) in [5.41, 5.74) is 1.25. The molecule has 2 aromatic rings. The van der Waals surface area contributed by atoms with Crippen molar-refractivity contribution in [1.82, 2.24) is 20.2 Å². The van der Waals surface area contributed by atoms with Crippen molar-refractivity contribution >= 4 is 28.7 Å². The fourth-order valence-corrected chi connectivity index (χ4v) is 3.98. The van der Waals surface area contributed by atoms with Gasteiger partial charge in [-0.2, -0.15) is 0 Å². The van der Waals surface area contributed by atoms with E-state index in [1.165, 1.54) is 0 Å². The number of aliphatic hydroxyl groups is 1. The fraction of sp³-hybridized carbons (Fsp3) is 0.524. The Balaban J connectivity index is 1.38. The Hall–Kier alpha value is -2.74. The Kier molecular flexibility index (Phi) is 5.89. The molecular formula is C21H27N5O3. The van der Waals surface area contributed by atoms with Gasteiger partial charge in [0.15, 0.2) is 0 Å². The first kappa shape index (κ1) is 19.6. The average Bonchev–Trinajstić information content (AvgIpc) is 3.14. The number of anilines is 1. The van der Waals surface area contributed by atoms with Crippen molar-refractivity contribution in [1.29, 1.82) is 0 Å². The standard InChI is InChI=1S/C21H27N5O3/c27-17-7-5-16(6-8-17)24-21-23-13-15-4-3-14(12-18(15)25-21)20(29)22-9-11-26-10-1-2-19(26)28/h3-4,12-13,16-17,27H,1-2,5-11H2,(H,22,29)(H,23,24,25). The molecule has 2 fully saturated rings. The largest absolute Gasteiger partial charge is 0.393 e. The van der Waals surface area contributed by atoms with E-state index in [2.05, 4.69) is 20.6 Å². The van der Waals surface area contributed by atoms with Crippen LogP contribution in [0.5, 0.6) is 0 Å². The number of carbonyl (C=O) groups is 2. The number of rotatable bonds is 6. The van der Waals surface area contributed by atoms with Crippen molar-refractivity contribution in [3.63, 3.8) is 0 Å². The second-order valence-electron chi connectivity index (χ2n) is 7.86. The number of nitrogens with one attached hydrogen (secondary N) is 2. The third kappa shape index (κ3) is 4.82. The second kappa shape index (κ2) is 8.73. The van der Waals surface area contributed by atoms with Gasteiger partial charge >= 0.3 is 0 Å². The topological polar surface area (TPSA) is 107 Å². The minimum absolute atomic E-state index is 0.161. The summed E-state index contributed by atoms with van der Waals surface area (Å²) < 4.78 is 0. The number of fused-ring (bicyclic) bond motifs is 1. The average molecular weight is 397 g/mol. The summed E-state index contributed by atoms with van der Waals surface area (Å²) in [4.78, 5) is 34.8. The highest BCUT2D eigenvalue weighted by atomic mass is 16.3. The summed E-state index contributed by atoms with van der Waals surface area (Å²) in [7, 11) is 0. The Labute approximate surface area is 169 Å². The molecule has 8 heteroatoms. The summed E-state index contributed by atoms with van der Waals surface area (Å²) in [6, 6.07) is 5.63. The molecule has 3 N–H and O–H groups in total. The van der Waals surface area contributed by atoms with E-state index < -0.39 is 0 Å². The number of benzene rings is 1. The molecule has 29 heavy (non-hydrogen) atoms. The third-order valence-electron chi connectivity index (χ3n) is 5.71. The van der Waals surface area contributed by atoms with E-state index in [1.807, 2.05) is 6.07 Å². The molecule has 0 unspecified atom stereocenters. The highest BCUT2D eigenvalue weighted by Gasteiger charge is 2.21. The van der Waals surface area contributed by atoms with Gasteiger partial charge in [-0.05, 0) is 44.2 Å². The summed E-state index contributed by atoms with van der Waals surface area (Å²) in [6.45, 7) is 1.76. The third-order valence-corrected chi connectivity index (χ3v) is 5.71. The SMILES string of the molecule is O=C(NCCN1CCCC1=O)c1ccc2cnc(NC3CCC(O)CC3)nc2c1. The molecule has 4 rings (SSSR count). The molecular weight excluding hydrogens is 370 g/mol. The summed E-state index contributed by atoms with van der Waals surface area (Å²) in [6.07, 6.45) is 6.43. The lowest BCUT2D eigenvalue weighted by Gasteiger charge is -2.26. The number of carbonyl (C=O) groups excluding carboxylic acids is 2. The van der Waals surface area contributed by atoms with Gasteiger partial charge in [-0.1, -0.05) is 6.07 Å². The summed E-state index contributed by atoms with van der Waals surface area (Å²) >= 11 is 0. The Bertz CT molecular complexity index is 895. The van der Waals surface area contributed by atoms with Crippen LogP contribution >= 0.6 is 0 Å². The minimum atomic E-state index is -0.199. The number of amides is 2. The van der Waals surface area contributed by atoms with Crippen LogP contribution in [-0.4, -0.2) is 63.6 Å². The first-order valence-electron chi connectivity index (χ1n) is 10.4. The van der Waals surface area contributed by atoms with Crippen LogP contribution in [-0.2, 0) is 4.79 Å². The van der Waals surface area contributed by atoms with E-state index in [1.54, 1.807) is 23.2 Å². The molecule has 1 aliphatic heterocycles. The van der Waals surface area contributed by atoms with Crippen LogP contribution in [0, 0.1) is 0 Å². The number of nitrogens with zero attached hydrogens (tertiary/aromatic N) is 3. The minimum Gasteiger partial charge on any atom is -0.393 e. The maximum Gasteiger partial charge on any atom is 0.251 e. The van der Waals surface area contributed by atoms with Gasteiger partial charge in [0.1, 0.15) is 0 Å². The zero-order valence-electron chi connectivity index (χ0n) is 16.4. The van der Waals surface area contributed by atoms with Crippen LogP contribution in [0.2, 0.25) is 0 Å². The van der Waals surface area contributed by atoms with E-state index in [4.69, 9.17) is 0 Å². The van der Waals surface area contributed by atoms with Gasteiger partial charge in [-0.25, -0.2) is 9.97 Å². The Morgan fingerprint density at radius 3 is 2.83 bits per heavy atom. The molecule has 8 nitrogen and oxygen atoms in total. The summed E-state index contributed by atoms with van der Waals surface area (Å²) in [5, 5.41) is 16.7. The second-order valence-corrected chi connectivity index (χ2v) is 7.86. The van der Waals surface area contributed by atoms with Gasteiger partial charge in [0.2, 0.25) is 11.9 Å². The molecule has 1 aliphatic carbocycles. The van der Waals surface area contributed by atoms with Crippen LogP contribution < -0.4 is 10.6 Å². The summed E-state index contributed by atoms with van der Waals surface area (Å²) in [5.74, 6) is 0.533. The maximum absolute atomic E-state index is 12.5. The fourth-order valence-electron chi connectivity index (χ4n) is 3.98. The van der Waals surface area contributed by atoms with Gasteiger partial charge in [-0.15, -0.1) is 0 Å². The quantitative estimate of drug-likeness (QED) is 0.685. The number of hydrogen-bond donors (Lipinski definition) is 3. The molecule has 154 valence electrons. The molecule has 0 atom stereocenters. The van der Waals surface area contributed by atoms with Crippen molar-refractivity contribution in [3.05, 3.63) is 30.0 Å². The van der Waals surface area contributed by atoms with Crippen molar-refractivity contribution in [3.8, 4) is 0 Å². The number of aromatic nitrogens is 2. The van der Waals surface area contributed by atoms with E-state index in [0.717, 1.165) is 44.0 Å². The van der Waals surface area contributed by atoms with Crippen LogP contribution in [0.25, 0.3) is 10.9 Å². The lowest BCUT2D eigenvalue weighted by molar-refractivity contribution is -0.127. The molecule has 0 spiro atoms. The zero-order valence-corrected chi connectivity index (χ0v) is 16.4. The molecule has 1 aromatic heterocycles. The lowest BCUT2D eigenvalue weighted by Crippen LogP contribution is -2.35. The molecule has 2 heterocycles. The van der Waals surface area contributed by atoms with Crippen molar-refractivity contribution in [2.24, 2.45) is 0 Å². The van der Waals surface area contributed by atoms with Crippen molar-refractivity contribution < 1.29 is 14.7 Å². The van der Waals surface area contributed by atoms with Gasteiger partial charge in [0, 0.05) is 49.2 Å². The normalized spacial score (nSPS) is 22.1. The van der Waals surface area contributed by atoms with Crippen LogP contribution in [0.1, 0.15) is 48.9 Å². The smallest absolute Gasteiger partial charge is 0.251 e. The molecule has 2 aliphatic rings. The highest BCUT2D eigenvalue weighted by Crippen LogP contribution is 2.22. The zero-order chi connectivity index (χ0) is 20.2. The maximum atomic E-state index is 12.5. The van der Waals surface area contributed by atoms with E-state index in [9.17, 15) is 14.7 Å². The molecule has 0 radical (unpaired) electrons. The Morgan fingerprint density at radius 2 is 2.07 bits per heavy atom. The molecule has 1 saturated carbocycles. The van der Waals surface area contributed by atoms with Gasteiger partial charge in [0.25, 0.3) is 5.91 Å². The van der Waals surface area contributed by atoms with Crippen LogP contribution in [0.15, 0.2) is 24.4 Å². The van der Waals surface area contributed by atoms with Crippen molar-refractivity contribution in [2.75, 3.05) is 25.0 Å². The molecule has 1 aromatic carbocycles. The van der Waals surface area contributed by atoms with Gasteiger partial charge < -0.3 is 20.6 Å². The number of aliphatic hydroxyl groups excluding tert-OH is 1. The number of hydrogen-bond acceptors (Lipinski definition) is 6. The van der Waals surface area contributed by atoms with Crippen LogP contribution in [0.3, 0.4) is 0 Å².